The first-order valence-electron chi connectivity index (χ1n) is 8.37. The molecule has 1 N–H and O–H groups in total. The Balaban J connectivity index is 1.71. The Bertz CT molecular complexity index is 495. The van der Waals surface area contributed by atoms with Gasteiger partial charge in [0.2, 0.25) is 5.91 Å². The van der Waals surface area contributed by atoms with Gasteiger partial charge in [0.1, 0.15) is 0 Å². The number of carbonyl (C=O) groups is 1. The Labute approximate surface area is 148 Å². The van der Waals surface area contributed by atoms with Gasteiger partial charge in [-0.1, -0.05) is 28.1 Å². The van der Waals surface area contributed by atoms with Crippen LogP contribution in [0, 0.1) is 0 Å². The minimum Gasteiger partial charge on any atom is -0.348 e. The molecule has 0 aliphatic carbocycles. The molecule has 1 atom stereocenters. The zero-order chi connectivity index (χ0) is 16.8. The van der Waals surface area contributed by atoms with Gasteiger partial charge in [-0.3, -0.25) is 9.69 Å². The van der Waals surface area contributed by atoms with Crippen LogP contribution in [0.25, 0.3) is 0 Å². The number of likely N-dealkylation sites (tertiary alicyclic amines) is 1. The van der Waals surface area contributed by atoms with Gasteiger partial charge in [-0.2, -0.15) is 0 Å². The highest BCUT2D eigenvalue weighted by Gasteiger charge is 2.22. The Kier molecular flexibility index (Phi) is 7.06. The van der Waals surface area contributed by atoms with E-state index in [9.17, 15) is 4.79 Å². The number of hydrogen-bond donors (Lipinski definition) is 1. The smallest absolute Gasteiger partial charge is 0.236 e. The van der Waals surface area contributed by atoms with Gasteiger partial charge in [0.25, 0.3) is 0 Å². The minimum atomic E-state index is 0.194. The lowest BCUT2D eigenvalue weighted by atomic mass is 10.0. The van der Waals surface area contributed by atoms with E-state index < -0.39 is 0 Å². The predicted molar refractivity (Wildman–Crippen MR) is 98.6 cm³/mol. The molecule has 1 aliphatic rings. The fourth-order valence-electron chi connectivity index (χ4n) is 3.03. The molecule has 0 radical (unpaired) electrons. The van der Waals surface area contributed by atoms with Crippen LogP contribution in [-0.2, 0) is 11.2 Å². The molecule has 0 aromatic heterocycles. The highest BCUT2D eigenvalue weighted by molar-refractivity contribution is 9.10. The summed E-state index contributed by atoms with van der Waals surface area (Å²) in [5.41, 5.74) is 1.36. The van der Waals surface area contributed by atoms with E-state index >= 15 is 0 Å². The molecule has 0 saturated carbocycles. The highest BCUT2D eigenvalue weighted by atomic mass is 79.9. The summed E-state index contributed by atoms with van der Waals surface area (Å²) in [6, 6.07) is 9.59. The van der Waals surface area contributed by atoms with E-state index in [-0.39, 0.29) is 5.91 Å². The number of hydrogen-bond acceptors (Lipinski definition) is 3. The SMILES string of the molecule is CC(Cc1ccc(Br)cc1)NC1CCN(CC(=O)N(C)C)CC1. The standard InChI is InChI=1S/C18H28BrN3O/c1-14(12-15-4-6-16(19)7-5-15)20-17-8-10-22(11-9-17)13-18(23)21(2)3/h4-7,14,17,20H,8-13H2,1-3H3. The fourth-order valence-corrected chi connectivity index (χ4v) is 3.29. The van der Waals surface area contributed by atoms with E-state index in [0.717, 1.165) is 36.8 Å². The zero-order valence-electron chi connectivity index (χ0n) is 14.4. The van der Waals surface area contributed by atoms with Crippen LogP contribution in [0.1, 0.15) is 25.3 Å². The van der Waals surface area contributed by atoms with Gasteiger partial charge in [0.05, 0.1) is 6.54 Å². The normalized spacial score (nSPS) is 17.9. The zero-order valence-corrected chi connectivity index (χ0v) is 16.0. The first-order chi connectivity index (χ1) is 10.9. The van der Waals surface area contributed by atoms with Crippen molar-refractivity contribution in [3.63, 3.8) is 0 Å². The molecule has 23 heavy (non-hydrogen) atoms. The van der Waals surface area contributed by atoms with Crippen LogP contribution in [-0.4, -0.2) is 61.5 Å². The molecule has 1 unspecified atom stereocenters. The second kappa shape index (κ2) is 8.81. The molecule has 5 heteroatoms. The number of piperidine rings is 1. The van der Waals surface area contributed by atoms with E-state index in [1.165, 1.54) is 5.56 Å². The van der Waals surface area contributed by atoms with E-state index in [4.69, 9.17) is 0 Å². The topological polar surface area (TPSA) is 35.6 Å². The van der Waals surface area contributed by atoms with Crippen LogP contribution < -0.4 is 5.32 Å². The van der Waals surface area contributed by atoms with Gasteiger partial charge in [-0.05, 0) is 43.9 Å². The number of benzene rings is 1. The molecule has 0 spiro atoms. The van der Waals surface area contributed by atoms with Gasteiger partial charge in [0, 0.05) is 43.7 Å². The van der Waals surface area contributed by atoms with Crippen LogP contribution in [0.15, 0.2) is 28.7 Å². The fraction of sp³-hybridized carbons (Fsp3) is 0.611. The molecule has 0 bridgehead atoms. The van der Waals surface area contributed by atoms with Gasteiger partial charge >= 0.3 is 0 Å². The minimum absolute atomic E-state index is 0.194. The molecule has 1 fully saturated rings. The van der Waals surface area contributed by atoms with Crippen molar-refractivity contribution >= 4 is 21.8 Å². The summed E-state index contributed by atoms with van der Waals surface area (Å²) in [5, 5.41) is 3.74. The summed E-state index contributed by atoms with van der Waals surface area (Å²) in [6.45, 7) is 4.81. The predicted octanol–water partition coefficient (Wildman–Crippen LogP) is 2.52. The van der Waals surface area contributed by atoms with Crippen LogP contribution in [0.3, 0.4) is 0 Å². The van der Waals surface area contributed by atoms with Crippen LogP contribution in [0.2, 0.25) is 0 Å². The van der Waals surface area contributed by atoms with Gasteiger partial charge in [-0.25, -0.2) is 0 Å². The number of rotatable bonds is 6. The third-order valence-electron chi connectivity index (χ3n) is 4.42. The van der Waals surface area contributed by atoms with Crippen molar-refractivity contribution < 1.29 is 4.79 Å². The van der Waals surface area contributed by atoms with Crippen LogP contribution in [0.4, 0.5) is 0 Å². The van der Waals surface area contributed by atoms with Crippen molar-refractivity contribution in [2.45, 2.75) is 38.3 Å². The molecule has 4 nitrogen and oxygen atoms in total. The van der Waals surface area contributed by atoms with E-state index in [2.05, 4.69) is 57.3 Å². The number of nitrogens with one attached hydrogen (secondary N) is 1. The Hall–Kier alpha value is -0.910. The maximum Gasteiger partial charge on any atom is 0.236 e. The number of amides is 1. The molecule has 1 heterocycles. The number of nitrogens with zero attached hydrogens (tertiary/aromatic N) is 2. The average molecular weight is 382 g/mol. The van der Waals surface area contributed by atoms with E-state index in [1.807, 2.05) is 14.1 Å². The van der Waals surface area contributed by atoms with Crippen molar-refractivity contribution in [2.75, 3.05) is 33.7 Å². The maximum atomic E-state index is 11.8. The molecule has 1 aromatic carbocycles. The summed E-state index contributed by atoms with van der Waals surface area (Å²) in [4.78, 5) is 15.7. The molecule has 1 aliphatic heterocycles. The van der Waals surface area contributed by atoms with Crippen molar-refractivity contribution in [2.24, 2.45) is 0 Å². The maximum absolute atomic E-state index is 11.8. The largest absolute Gasteiger partial charge is 0.348 e. The molecule has 1 amide bonds. The molecule has 2 rings (SSSR count). The second-order valence-corrected chi connectivity index (χ2v) is 7.65. The van der Waals surface area contributed by atoms with Crippen molar-refractivity contribution in [1.82, 2.24) is 15.1 Å². The molecular formula is C18H28BrN3O. The lowest BCUT2D eigenvalue weighted by Gasteiger charge is -2.34. The van der Waals surface area contributed by atoms with Crippen molar-refractivity contribution in [3.8, 4) is 0 Å². The molecule has 1 aromatic rings. The van der Waals surface area contributed by atoms with Crippen LogP contribution in [0.5, 0.6) is 0 Å². The van der Waals surface area contributed by atoms with Gasteiger partial charge in [-0.15, -0.1) is 0 Å². The summed E-state index contributed by atoms with van der Waals surface area (Å²) < 4.78 is 1.13. The Morgan fingerprint density at radius 3 is 2.48 bits per heavy atom. The summed E-state index contributed by atoms with van der Waals surface area (Å²) in [7, 11) is 3.64. The molecule has 1 saturated heterocycles. The Morgan fingerprint density at radius 1 is 1.30 bits per heavy atom. The first-order valence-corrected chi connectivity index (χ1v) is 9.16. The highest BCUT2D eigenvalue weighted by Crippen LogP contribution is 2.14. The van der Waals surface area contributed by atoms with Gasteiger partial charge < -0.3 is 10.2 Å². The van der Waals surface area contributed by atoms with E-state index in [1.54, 1.807) is 4.90 Å². The second-order valence-electron chi connectivity index (χ2n) is 6.74. The van der Waals surface area contributed by atoms with Gasteiger partial charge in [0.15, 0.2) is 0 Å². The molecule has 128 valence electrons. The third kappa shape index (κ3) is 6.24. The lowest BCUT2D eigenvalue weighted by Crippen LogP contribution is -2.48. The first kappa shape index (κ1) is 18.4. The third-order valence-corrected chi connectivity index (χ3v) is 4.95. The Morgan fingerprint density at radius 2 is 1.91 bits per heavy atom. The average Bonchev–Trinajstić information content (AvgIpc) is 2.51. The van der Waals surface area contributed by atoms with Crippen LogP contribution >= 0.6 is 15.9 Å². The van der Waals surface area contributed by atoms with E-state index in [0.29, 0.717) is 18.6 Å². The van der Waals surface area contributed by atoms with Crippen molar-refractivity contribution in [3.05, 3.63) is 34.3 Å². The number of carbonyl (C=O) groups excluding carboxylic acids is 1. The number of likely N-dealkylation sites (N-methyl/N-ethyl adjacent to an activating group) is 1. The monoisotopic (exact) mass is 381 g/mol. The molecular weight excluding hydrogens is 354 g/mol. The number of halogens is 1. The van der Waals surface area contributed by atoms with Crippen molar-refractivity contribution in [1.29, 1.82) is 0 Å². The summed E-state index contributed by atoms with van der Waals surface area (Å²) in [5.74, 6) is 0.194. The lowest BCUT2D eigenvalue weighted by molar-refractivity contribution is -0.130. The quantitative estimate of drug-likeness (QED) is 0.822. The summed E-state index contributed by atoms with van der Waals surface area (Å²) in [6.07, 6.45) is 3.28. The summed E-state index contributed by atoms with van der Waals surface area (Å²) >= 11 is 3.48.